The van der Waals surface area contributed by atoms with Crippen molar-refractivity contribution < 1.29 is 37.0 Å². The van der Waals surface area contributed by atoms with E-state index in [-0.39, 0.29) is 17.9 Å². The van der Waals surface area contributed by atoms with Crippen LogP contribution in [0.5, 0.6) is 11.5 Å². The summed E-state index contributed by atoms with van der Waals surface area (Å²) in [6.07, 6.45) is -4.81. The molecule has 0 radical (unpaired) electrons. The third-order valence-electron chi connectivity index (χ3n) is 4.46. The Labute approximate surface area is 187 Å². The molecule has 33 heavy (non-hydrogen) atoms. The van der Waals surface area contributed by atoms with Crippen LogP contribution in [0.2, 0.25) is 0 Å². The van der Waals surface area contributed by atoms with Gasteiger partial charge in [0, 0.05) is 5.69 Å². The molecule has 3 rings (SSSR count). The Bertz CT molecular complexity index is 1110. The smallest absolute Gasteiger partial charge is 0.488 e. The predicted molar refractivity (Wildman–Crippen MR) is 114 cm³/mol. The number of benzene rings is 3. The van der Waals surface area contributed by atoms with E-state index in [1.165, 1.54) is 18.2 Å². The number of alkyl halides is 3. The molecule has 0 aliphatic rings. The number of hydrogen-bond acceptors (Lipinski definition) is 5. The lowest BCUT2D eigenvalue weighted by atomic mass is 10.1. The first kappa shape index (κ1) is 23.6. The number of para-hydroxylation sites is 1. The molecule has 0 unspecified atom stereocenters. The highest BCUT2D eigenvalue weighted by molar-refractivity contribution is 5.96. The summed E-state index contributed by atoms with van der Waals surface area (Å²) in [5, 5.41) is 2.42. The van der Waals surface area contributed by atoms with Crippen LogP contribution in [0, 0.1) is 6.92 Å². The van der Waals surface area contributed by atoms with Gasteiger partial charge >= 0.3 is 12.3 Å². The Morgan fingerprint density at radius 3 is 2.27 bits per heavy atom. The molecule has 3 aromatic rings. The van der Waals surface area contributed by atoms with Gasteiger partial charge in [-0.1, -0.05) is 36.4 Å². The van der Waals surface area contributed by atoms with Gasteiger partial charge in [-0.25, -0.2) is 4.79 Å². The van der Waals surface area contributed by atoms with Crippen molar-refractivity contribution in [3.63, 3.8) is 0 Å². The van der Waals surface area contributed by atoms with Crippen molar-refractivity contribution in [1.82, 2.24) is 0 Å². The fourth-order valence-corrected chi connectivity index (χ4v) is 2.83. The first-order chi connectivity index (χ1) is 15.7. The van der Waals surface area contributed by atoms with E-state index in [0.717, 1.165) is 23.3 Å². The van der Waals surface area contributed by atoms with Gasteiger partial charge < -0.3 is 19.5 Å². The molecule has 0 aliphatic heterocycles. The molecule has 0 saturated heterocycles. The van der Waals surface area contributed by atoms with Crippen LogP contribution in [-0.4, -0.2) is 24.8 Å². The molecule has 0 spiro atoms. The van der Waals surface area contributed by atoms with Gasteiger partial charge in [0.2, 0.25) is 0 Å². The van der Waals surface area contributed by atoms with Crippen molar-refractivity contribution in [1.29, 1.82) is 0 Å². The highest BCUT2D eigenvalue weighted by Crippen LogP contribution is 2.24. The number of hydrogen-bond donors (Lipinski definition) is 1. The van der Waals surface area contributed by atoms with Crippen molar-refractivity contribution in [2.45, 2.75) is 19.9 Å². The zero-order valence-corrected chi connectivity index (χ0v) is 17.5. The number of nitrogens with one attached hydrogen (secondary N) is 1. The standard InChI is InChI=1S/C24H20F3NO5/c1-16-6-2-3-7-17(16)14-31-21-9-5-4-8-20(21)23(30)32-15-22(29)28-18-10-12-19(13-11-18)33-24(25,26)27/h2-13H,14-15H2,1H3,(H,28,29). The summed E-state index contributed by atoms with van der Waals surface area (Å²) >= 11 is 0. The van der Waals surface area contributed by atoms with Crippen LogP contribution in [0.1, 0.15) is 21.5 Å². The summed E-state index contributed by atoms with van der Waals surface area (Å²) < 4.78 is 51.2. The number of halogens is 3. The van der Waals surface area contributed by atoms with Crippen molar-refractivity contribution in [2.24, 2.45) is 0 Å². The molecule has 9 heteroatoms. The molecule has 0 atom stereocenters. The van der Waals surface area contributed by atoms with E-state index < -0.39 is 30.6 Å². The number of rotatable bonds is 8. The number of ether oxygens (including phenoxy) is 3. The van der Waals surface area contributed by atoms with Gasteiger partial charge in [-0.3, -0.25) is 4.79 Å². The minimum atomic E-state index is -4.81. The minimum Gasteiger partial charge on any atom is -0.488 e. The largest absolute Gasteiger partial charge is 0.573 e. The zero-order valence-electron chi connectivity index (χ0n) is 17.5. The van der Waals surface area contributed by atoms with Crippen molar-refractivity contribution >= 4 is 17.6 Å². The maximum Gasteiger partial charge on any atom is 0.573 e. The number of aryl methyl sites for hydroxylation is 1. The van der Waals surface area contributed by atoms with Crippen LogP contribution in [0.25, 0.3) is 0 Å². The molecule has 0 bridgehead atoms. The van der Waals surface area contributed by atoms with Gasteiger partial charge in [0.25, 0.3) is 5.91 Å². The minimum absolute atomic E-state index is 0.160. The van der Waals surface area contributed by atoms with E-state index >= 15 is 0 Å². The lowest BCUT2D eigenvalue weighted by Crippen LogP contribution is -2.21. The number of amides is 1. The Morgan fingerprint density at radius 2 is 1.58 bits per heavy atom. The molecule has 3 aromatic carbocycles. The number of carbonyl (C=O) groups is 2. The molecule has 0 aliphatic carbocycles. The van der Waals surface area contributed by atoms with E-state index in [2.05, 4.69) is 10.1 Å². The zero-order chi connectivity index (χ0) is 23.8. The van der Waals surface area contributed by atoms with Crippen molar-refractivity contribution in [3.05, 3.63) is 89.5 Å². The summed E-state index contributed by atoms with van der Waals surface area (Å²) in [6, 6.07) is 18.7. The summed E-state index contributed by atoms with van der Waals surface area (Å²) in [6.45, 7) is 1.62. The fraction of sp³-hybridized carbons (Fsp3) is 0.167. The molecular formula is C24H20F3NO5. The lowest BCUT2D eigenvalue weighted by Gasteiger charge is -2.13. The lowest BCUT2D eigenvalue weighted by molar-refractivity contribution is -0.274. The van der Waals surface area contributed by atoms with E-state index in [0.29, 0.717) is 5.75 Å². The second-order valence-electron chi connectivity index (χ2n) is 6.91. The molecule has 172 valence electrons. The average Bonchev–Trinajstić information content (AvgIpc) is 2.77. The average molecular weight is 459 g/mol. The van der Waals surface area contributed by atoms with Gasteiger partial charge in [-0.15, -0.1) is 13.2 Å². The van der Waals surface area contributed by atoms with E-state index in [4.69, 9.17) is 9.47 Å². The number of anilines is 1. The predicted octanol–water partition coefficient (Wildman–Crippen LogP) is 5.27. The van der Waals surface area contributed by atoms with Crippen LogP contribution < -0.4 is 14.8 Å². The summed E-state index contributed by atoms with van der Waals surface area (Å²) in [5.74, 6) is -1.52. The third kappa shape index (κ3) is 7.27. The van der Waals surface area contributed by atoms with Gasteiger partial charge in [0.15, 0.2) is 6.61 Å². The molecule has 6 nitrogen and oxygen atoms in total. The number of esters is 1. The van der Waals surface area contributed by atoms with Gasteiger partial charge in [-0.2, -0.15) is 0 Å². The quantitative estimate of drug-likeness (QED) is 0.465. The maximum absolute atomic E-state index is 12.5. The molecule has 1 amide bonds. The monoisotopic (exact) mass is 459 g/mol. The van der Waals surface area contributed by atoms with Crippen LogP contribution in [0.4, 0.5) is 18.9 Å². The molecule has 0 aromatic heterocycles. The molecule has 0 fully saturated rings. The summed E-state index contributed by atoms with van der Waals surface area (Å²) in [5.41, 5.74) is 2.39. The molecule has 0 saturated carbocycles. The van der Waals surface area contributed by atoms with Crippen LogP contribution >= 0.6 is 0 Å². The van der Waals surface area contributed by atoms with Gasteiger partial charge in [0.05, 0.1) is 0 Å². The highest BCUT2D eigenvalue weighted by Gasteiger charge is 2.31. The first-order valence-corrected chi connectivity index (χ1v) is 9.80. The Hall–Kier alpha value is -4.01. The molecule has 1 N–H and O–H groups in total. The topological polar surface area (TPSA) is 73.9 Å². The van der Waals surface area contributed by atoms with Crippen LogP contribution in [0.15, 0.2) is 72.8 Å². The Kier molecular flexibility index (Phi) is 7.55. The van der Waals surface area contributed by atoms with E-state index in [9.17, 15) is 22.8 Å². The van der Waals surface area contributed by atoms with Crippen LogP contribution in [-0.2, 0) is 16.1 Å². The second kappa shape index (κ2) is 10.5. The van der Waals surface area contributed by atoms with Crippen molar-refractivity contribution in [3.8, 4) is 11.5 Å². The highest BCUT2D eigenvalue weighted by atomic mass is 19.4. The molecular weight excluding hydrogens is 439 g/mol. The molecule has 0 heterocycles. The van der Waals surface area contributed by atoms with Crippen molar-refractivity contribution in [2.75, 3.05) is 11.9 Å². The third-order valence-corrected chi connectivity index (χ3v) is 4.46. The normalized spacial score (nSPS) is 10.9. The Balaban J connectivity index is 1.54. The summed E-state index contributed by atoms with van der Waals surface area (Å²) in [4.78, 5) is 24.5. The summed E-state index contributed by atoms with van der Waals surface area (Å²) in [7, 11) is 0. The Morgan fingerprint density at radius 1 is 0.909 bits per heavy atom. The van der Waals surface area contributed by atoms with Gasteiger partial charge in [-0.05, 0) is 54.4 Å². The van der Waals surface area contributed by atoms with E-state index in [1.807, 2.05) is 31.2 Å². The fourth-order valence-electron chi connectivity index (χ4n) is 2.83. The SMILES string of the molecule is Cc1ccccc1COc1ccccc1C(=O)OCC(=O)Nc1ccc(OC(F)(F)F)cc1. The van der Waals surface area contributed by atoms with Gasteiger partial charge in [0.1, 0.15) is 23.7 Å². The van der Waals surface area contributed by atoms with Crippen LogP contribution in [0.3, 0.4) is 0 Å². The van der Waals surface area contributed by atoms with E-state index in [1.54, 1.807) is 18.2 Å². The number of carbonyl (C=O) groups excluding carboxylic acids is 2. The second-order valence-corrected chi connectivity index (χ2v) is 6.91. The first-order valence-electron chi connectivity index (χ1n) is 9.80. The maximum atomic E-state index is 12.5.